The van der Waals surface area contributed by atoms with Crippen molar-refractivity contribution in [2.75, 3.05) is 6.61 Å². The van der Waals surface area contributed by atoms with Gasteiger partial charge in [0.1, 0.15) is 12.4 Å². The third-order valence-corrected chi connectivity index (χ3v) is 1.51. The van der Waals surface area contributed by atoms with Crippen LogP contribution in [0, 0.1) is 18.8 Å². The fourth-order valence-corrected chi connectivity index (χ4v) is 0.826. The summed E-state index contributed by atoms with van der Waals surface area (Å²) in [6, 6.07) is 7.95. The molecule has 1 aromatic carbocycles. The fourth-order valence-electron chi connectivity index (χ4n) is 0.826. The minimum absolute atomic E-state index is 0.472. The molecule has 76 valence electrons. The van der Waals surface area contributed by atoms with Gasteiger partial charge >= 0.3 is 0 Å². The minimum Gasteiger partial charge on any atom is -0.481 e. The second-order valence-electron chi connectivity index (χ2n) is 2.53. The molecule has 0 aliphatic carbocycles. The number of hydrogen-bond donors (Lipinski definition) is 0. The van der Waals surface area contributed by atoms with E-state index in [1.54, 1.807) is 6.92 Å². The second-order valence-corrected chi connectivity index (χ2v) is 2.53. The van der Waals surface area contributed by atoms with E-state index in [0.29, 0.717) is 6.61 Å². The molecule has 1 aromatic rings. The van der Waals surface area contributed by atoms with E-state index in [0.717, 1.165) is 5.75 Å². The first-order valence-corrected chi connectivity index (χ1v) is 4.92. The summed E-state index contributed by atoms with van der Waals surface area (Å²) in [4.78, 5) is 0. The Bertz CT molecular complexity index is 287. The Morgan fingerprint density at radius 3 is 2.21 bits per heavy atom. The zero-order valence-corrected chi connectivity index (χ0v) is 9.42. The average molecular weight is 190 g/mol. The topological polar surface area (TPSA) is 9.23 Å². The second kappa shape index (κ2) is 8.19. The van der Waals surface area contributed by atoms with Gasteiger partial charge in [-0.15, -0.1) is 5.92 Å². The standard InChI is InChI=1S/C11H12O.C2H6/c1-3-4-9-12-11-7-5-10(2)6-8-11;1-2/h5-8H,9H2,1-2H3;1-2H3. The van der Waals surface area contributed by atoms with Crippen LogP contribution in [0.25, 0.3) is 0 Å². The molecule has 0 bridgehead atoms. The predicted molar refractivity (Wildman–Crippen MR) is 61.5 cm³/mol. The van der Waals surface area contributed by atoms with Crippen LogP contribution in [0.3, 0.4) is 0 Å². The molecule has 0 heterocycles. The van der Waals surface area contributed by atoms with E-state index in [1.807, 2.05) is 38.1 Å². The van der Waals surface area contributed by atoms with E-state index < -0.39 is 0 Å². The van der Waals surface area contributed by atoms with Gasteiger partial charge in [-0.25, -0.2) is 0 Å². The zero-order valence-electron chi connectivity index (χ0n) is 9.42. The lowest BCUT2D eigenvalue weighted by Gasteiger charge is -2.00. The van der Waals surface area contributed by atoms with Crippen molar-refractivity contribution in [3.05, 3.63) is 29.8 Å². The van der Waals surface area contributed by atoms with E-state index >= 15 is 0 Å². The molecule has 0 amide bonds. The van der Waals surface area contributed by atoms with Crippen molar-refractivity contribution >= 4 is 0 Å². The van der Waals surface area contributed by atoms with Crippen molar-refractivity contribution in [1.82, 2.24) is 0 Å². The Morgan fingerprint density at radius 1 is 1.14 bits per heavy atom. The summed E-state index contributed by atoms with van der Waals surface area (Å²) in [5.41, 5.74) is 1.24. The van der Waals surface area contributed by atoms with Gasteiger partial charge in [0.15, 0.2) is 0 Å². The maximum Gasteiger partial charge on any atom is 0.149 e. The molecule has 0 saturated carbocycles. The molecule has 0 radical (unpaired) electrons. The number of aryl methyl sites for hydroxylation is 1. The summed E-state index contributed by atoms with van der Waals surface area (Å²) >= 11 is 0. The Kier molecular flexibility index (Phi) is 7.36. The Labute approximate surface area is 87.1 Å². The summed E-state index contributed by atoms with van der Waals surface area (Å²) in [5.74, 6) is 6.49. The van der Waals surface area contributed by atoms with Gasteiger partial charge in [0, 0.05) is 0 Å². The predicted octanol–water partition coefficient (Wildman–Crippen LogP) is 3.42. The SMILES string of the molecule is CC.CC#CCOc1ccc(C)cc1. The minimum atomic E-state index is 0.472. The van der Waals surface area contributed by atoms with Crippen LogP contribution in [0.2, 0.25) is 0 Å². The highest BCUT2D eigenvalue weighted by molar-refractivity contribution is 5.26. The van der Waals surface area contributed by atoms with Gasteiger partial charge in [-0.3, -0.25) is 0 Å². The number of benzene rings is 1. The van der Waals surface area contributed by atoms with Crippen molar-refractivity contribution in [3.63, 3.8) is 0 Å². The van der Waals surface area contributed by atoms with Crippen LogP contribution in [0.4, 0.5) is 0 Å². The summed E-state index contributed by atoms with van der Waals surface area (Å²) in [5, 5.41) is 0. The van der Waals surface area contributed by atoms with Crippen LogP contribution in [0.5, 0.6) is 5.75 Å². The highest BCUT2D eigenvalue weighted by Gasteiger charge is 1.89. The van der Waals surface area contributed by atoms with Crippen molar-refractivity contribution < 1.29 is 4.74 Å². The van der Waals surface area contributed by atoms with Gasteiger partial charge in [-0.05, 0) is 26.0 Å². The van der Waals surface area contributed by atoms with Crippen molar-refractivity contribution in [2.24, 2.45) is 0 Å². The molecular weight excluding hydrogens is 172 g/mol. The molecule has 0 atom stereocenters. The maximum absolute atomic E-state index is 5.33. The lowest BCUT2D eigenvalue weighted by atomic mass is 10.2. The normalized spacial score (nSPS) is 7.71. The third kappa shape index (κ3) is 5.27. The Hall–Kier alpha value is -1.42. The average Bonchev–Trinajstić information content (AvgIpc) is 2.24. The molecule has 0 unspecified atom stereocenters. The largest absolute Gasteiger partial charge is 0.481 e. The van der Waals surface area contributed by atoms with Crippen LogP contribution in [-0.2, 0) is 0 Å². The van der Waals surface area contributed by atoms with Gasteiger partial charge in [-0.2, -0.15) is 0 Å². The van der Waals surface area contributed by atoms with Gasteiger partial charge in [-0.1, -0.05) is 37.5 Å². The maximum atomic E-state index is 5.33. The Morgan fingerprint density at radius 2 is 1.71 bits per heavy atom. The first-order chi connectivity index (χ1) is 6.83. The van der Waals surface area contributed by atoms with Gasteiger partial charge < -0.3 is 4.74 Å². The van der Waals surface area contributed by atoms with Crippen LogP contribution in [0.15, 0.2) is 24.3 Å². The van der Waals surface area contributed by atoms with Gasteiger partial charge in [0.25, 0.3) is 0 Å². The molecule has 1 heteroatoms. The van der Waals surface area contributed by atoms with E-state index in [1.165, 1.54) is 5.56 Å². The Balaban J connectivity index is 0.000000791. The lowest BCUT2D eigenvalue weighted by molar-refractivity contribution is 0.370. The highest BCUT2D eigenvalue weighted by Crippen LogP contribution is 2.10. The molecular formula is C13H18O. The van der Waals surface area contributed by atoms with Crippen molar-refractivity contribution in [1.29, 1.82) is 0 Å². The summed E-state index contributed by atoms with van der Waals surface area (Å²) < 4.78 is 5.33. The smallest absolute Gasteiger partial charge is 0.149 e. The fraction of sp³-hybridized carbons (Fsp3) is 0.385. The molecule has 0 saturated heterocycles. The molecule has 0 aliphatic rings. The first-order valence-electron chi connectivity index (χ1n) is 4.92. The highest BCUT2D eigenvalue weighted by atomic mass is 16.5. The van der Waals surface area contributed by atoms with Gasteiger partial charge in [0.2, 0.25) is 0 Å². The quantitative estimate of drug-likeness (QED) is 0.649. The van der Waals surface area contributed by atoms with Gasteiger partial charge in [0.05, 0.1) is 0 Å². The molecule has 14 heavy (non-hydrogen) atoms. The summed E-state index contributed by atoms with van der Waals surface area (Å²) in [6.07, 6.45) is 0. The summed E-state index contributed by atoms with van der Waals surface area (Å²) in [7, 11) is 0. The zero-order chi connectivity index (χ0) is 10.8. The molecule has 0 aromatic heterocycles. The van der Waals surface area contributed by atoms with Crippen LogP contribution >= 0.6 is 0 Å². The third-order valence-electron chi connectivity index (χ3n) is 1.51. The van der Waals surface area contributed by atoms with Crippen LogP contribution < -0.4 is 4.74 Å². The van der Waals surface area contributed by atoms with Crippen LogP contribution in [-0.4, -0.2) is 6.61 Å². The van der Waals surface area contributed by atoms with Crippen molar-refractivity contribution in [3.8, 4) is 17.6 Å². The first kappa shape index (κ1) is 12.6. The monoisotopic (exact) mass is 190 g/mol. The molecule has 1 rings (SSSR count). The van der Waals surface area contributed by atoms with E-state index in [4.69, 9.17) is 4.74 Å². The molecule has 1 nitrogen and oxygen atoms in total. The molecule has 0 aliphatic heterocycles. The van der Waals surface area contributed by atoms with E-state index in [9.17, 15) is 0 Å². The summed E-state index contributed by atoms with van der Waals surface area (Å²) in [6.45, 7) is 8.33. The van der Waals surface area contributed by atoms with Crippen LogP contribution in [0.1, 0.15) is 26.3 Å². The molecule has 0 spiro atoms. The number of hydrogen-bond acceptors (Lipinski definition) is 1. The van der Waals surface area contributed by atoms with E-state index in [-0.39, 0.29) is 0 Å². The van der Waals surface area contributed by atoms with Crippen molar-refractivity contribution in [2.45, 2.75) is 27.7 Å². The lowest BCUT2D eigenvalue weighted by Crippen LogP contribution is -1.92. The number of rotatable bonds is 2. The number of ether oxygens (including phenoxy) is 1. The molecule has 0 N–H and O–H groups in total. The van der Waals surface area contributed by atoms with E-state index in [2.05, 4.69) is 18.8 Å². The molecule has 0 fully saturated rings.